The smallest absolute Gasteiger partial charge is 0.313 e. The van der Waals surface area contributed by atoms with Gasteiger partial charge in [0.2, 0.25) is 0 Å². The van der Waals surface area contributed by atoms with Crippen molar-refractivity contribution in [2.75, 3.05) is 45.7 Å². The average molecular weight is 329 g/mol. The van der Waals surface area contributed by atoms with E-state index in [1.807, 2.05) is 17.3 Å². The van der Waals surface area contributed by atoms with Crippen molar-refractivity contribution in [1.82, 2.24) is 10.2 Å². The minimum Gasteiger partial charge on any atom is -0.383 e. The maximum Gasteiger partial charge on any atom is 0.313 e. The normalized spacial score (nSPS) is 10.7. The first-order valence-electron chi connectivity index (χ1n) is 7.16. The van der Waals surface area contributed by atoms with Crippen LogP contribution in [0.3, 0.4) is 0 Å². The van der Waals surface area contributed by atoms with Crippen molar-refractivity contribution in [2.45, 2.75) is 6.42 Å². The highest BCUT2D eigenvalue weighted by Crippen LogP contribution is 2.16. The molecule has 1 rings (SSSR count). The summed E-state index contributed by atoms with van der Waals surface area (Å²) < 4.78 is 31.3. The number of nitrogens with zero attached hydrogens (tertiary/aromatic N) is 1. The molecule has 1 aromatic carbocycles. The maximum absolute atomic E-state index is 13.4. The summed E-state index contributed by atoms with van der Waals surface area (Å²) in [6, 6.07) is 3.33. The van der Waals surface area contributed by atoms with Crippen molar-refractivity contribution >= 4 is 17.5 Å². The van der Waals surface area contributed by atoms with E-state index >= 15 is 0 Å². The number of ether oxygens (including phenoxy) is 1. The van der Waals surface area contributed by atoms with Crippen molar-refractivity contribution in [2.24, 2.45) is 0 Å². The Bertz CT molecular complexity index is 541. The van der Waals surface area contributed by atoms with Crippen LogP contribution in [0.2, 0.25) is 0 Å². The third-order valence-corrected chi connectivity index (χ3v) is 3.09. The largest absolute Gasteiger partial charge is 0.383 e. The summed E-state index contributed by atoms with van der Waals surface area (Å²) in [7, 11) is 3.54. The van der Waals surface area contributed by atoms with Crippen molar-refractivity contribution in [1.29, 1.82) is 0 Å². The van der Waals surface area contributed by atoms with Gasteiger partial charge in [0.15, 0.2) is 11.6 Å². The summed E-state index contributed by atoms with van der Waals surface area (Å²) >= 11 is 0. The lowest BCUT2D eigenvalue weighted by molar-refractivity contribution is -0.136. The molecule has 8 heteroatoms. The standard InChI is InChI=1S/C15H21F2N3O3/c1-20(9-10-23-2)8-4-7-18-14(21)15(22)19-12-6-3-5-11(16)13(12)17/h3,5-6H,4,7-10H2,1-2H3,(H,18,21)(H,19,22). The highest BCUT2D eigenvalue weighted by Gasteiger charge is 2.16. The zero-order chi connectivity index (χ0) is 17.2. The Hall–Kier alpha value is -2.06. The molecular formula is C15H21F2N3O3. The fourth-order valence-electron chi connectivity index (χ4n) is 1.77. The van der Waals surface area contributed by atoms with Crippen LogP contribution < -0.4 is 10.6 Å². The molecule has 1 aromatic rings. The van der Waals surface area contributed by atoms with E-state index in [0.29, 0.717) is 19.6 Å². The second-order valence-corrected chi connectivity index (χ2v) is 4.96. The number of likely N-dealkylation sites (N-methyl/N-ethyl adjacent to an activating group) is 1. The first-order valence-corrected chi connectivity index (χ1v) is 7.16. The second-order valence-electron chi connectivity index (χ2n) is 4.96. The molecular weight excluding hydrogens is 308 g/mol. The van der Waals surface area contributed by atoms with Crippen LogP contribution in [0, 0.1) is 11.6 Å². The predicted octanol–water partition coefficient (Wildman–Crippen LogP) is 0.988. The summed E-state index contributed by atoms with van der Waals surface area (Å²) in [5.74, 6) is -4.23. The zero-order valence-corrected chi connectivity index (χ0v) is 13.2. The Labute approximate surface area is 133 Å². The molecule has 0 radical (unpaired) electrons. The van der Waals surface area contributed by atoms with E-state index in [4.69, 9.17) is 4.74 Å². The molecule has 0 unspecified atom stereocenters. The molecule has 2 amide bonds. The third-order valence-electron chi connectivity index (χ3n) is 3.09. The quantitative estimate of drug-likeness (QED) is 0.551. The molecule has 0 aliphatic heterocycles. The van der Waals surface area contributed by atoms with Crippen molar-refractivity contribution < 1.29 is 23.1 Å². The van der Waals surface area contributed by atoms with E-state index in [1.165, 1.54) is 12.1 Å². The minimum absolute atomic E-state index is 0.301. The van der Waals surface area contributed by atoms with Gasteiger partial charge in [0, 0.05) is 20.2 Å². The highest BCUT2D eigenvalue weighted by molar-refractivity contribution is 6.39. The number of carbonyl (C=O) groups is 2. The monoisotopic (exact) mass is 329 g/mol. The van der Waals surface area contributed by atoms with E-state index < -0.39 is 23.4 Å². The highest BCUT2D eigenvalue weighted by atomic mass is 19.2. The fraction of sp³-hybridized carbons (Fsp3) is 0.467. The Kier molecular flexibility index (Phi) is 8.14. The number of methoxy groups -OCH3 is 1. The van der Waals surface area contributed by atoms with E-state index in [-0.39, 0.29) is 5.69 Å². The second kappa shape index (κ2) is 9.86. The van der Waals surface area contributed by atoms with Gasteiger partial charge in [-0.2, -0.15) is 0 Å². The zero-order valence-electron chi connectivity index (χ0n) is 13.2. The van der Waals surface area contributed by atoms with Gasteiger partial charge in [-0.05, 0) is 32.1 Å². The van der Waals surface area contributed by atoms with Crippen LogP contribution in [-0.4, -0.2) is 57.1 Å². The number of halogens is 2. The van der Waals surface area contributed by atoms with Crippen LogP contribution in [0.4, 0.5) is 14.5 Å². The molecule has 23 heavy (non-hydrogen) atoms. The van der Waals surface area contributed by atoms with Gasteiger partial charge in [0.05, 0.1) is 12.3 Å². The molecule has 0 spiro atoms. The molecule has 0 saturated heterocycles. The average Bonchev–Trinajstić information content (AvgIpc) is 2.53. The van der Waals surface area contributed by atoms with Crippen molar-refractivity contribution in [3.63, 3.8) is 0 Å². The van der Waals surface area contributed by atoms with Crippen LogP contribution in [-0.2, 0) is 14.3 Å². The molecule has 128 valence electrons. The van der Waals surface area contributed by atoms with E-state index in [9.17, 15) is 18.4 Å². The molecule has 0 saturated carbocycles. The number of hydrogen-bond donors (Lipinski definition) is 2. The Morgan fingerprint density at radius 2 is 1.96 bits per heavy atom. The van der Waals surface area contributed by atoms with Crippen LogP contribution in [0.25, 0.3) is 0 Å². The van der Waals surface area contributed by atoms with Gasteiger partial charge in [0.1, 0.15) is 0 Å². The first-order chi connectivity index (χ1) is 11.0. The molecule has 0 aromatic heterocycles. The van der Waals surface area contributed by atoms with Crippen LogP contribution >= 0.6 is 0 Å². The molecule has 6 nitrogen and oxygen atoms in total. The lowest BCUT2D eigenvalue weighted by atomic mass is 10.3. The third kappa shape index (κ3) is 6.70. The van der Waals surface area contributed by atoms with Gasteiger partial charge in [-0.1, -0.05) is 6.07 Å². The fourth-order valence-corrected chi connectivity index (χ4v) is 1.77. The van der Waals surface area contributed by atoms with E-state index in [0.717, 1.165) is 19.2 Å². The lowest BCUT2D eigenvalue weighted by Crippen LogP contribution is -2.37. The molecule has 0 fully saturated rings. The summed E-state index contributed by atoms with van der Waals surface area (Å²) in [5.41, 5.74) is -0.371. The molecule has 2 N–H and O–H groups in total. The Morgan fingerprint density at radius 1 is 1.22 bits per heavy atom. The Morgan fingerprint density at radius 3 is 2.65 bits per heavy atom. The summed E-state index contributed by atoms with van der Waals surface area (Å²) in [6.45, 7) is 2.41. The van der Waals surface area contributed by atoms with Gasteiger partial charge in [-0.25, -0.2) is 8.78 Å². The van der Waals surface area contributed by atoms with E-state index in [2.05, 4.69) is 5.32 Å². The number of hydrogen-bond acceptors (Lipinski definition) is 4. The first kappa shape index (κ1) is 19.0. The summed E-state index contributed by atoms with van der Waals surface area (Å²) in [5, 5.41) is 4.46. The maximum atomic E-state index is 13.4. The van der Waals surface area contributed by atoms with Gasteiger partial charge in [0.25, 0.3) is 0 Å². The molecule has 0 aliphatic carbocycles. The van der Waals surface area contributed by atoms with Gasteiger partial charge in [-0.3, -0.25) is 9.59 Å². The SMILES string of the molecule is COCCN(C)CCCNC(=O)C(=O)Nc1cccc(F)c1F. The van der Waals surface area contributed by atoms with Crippen LogP contribution in [0.1, 0.15) is 6.42 Å². The van der Waals surface area contributed by atoms with Crippen LogP contribution in [0.5, 0.6) is 0 Å². The van der Waals surface area contributed by atoms with E-state index in [1.54, 1.807) is 7.11 Å². The topological polar surface area (TPSA) is 70.7 Å². The predicted molar refractivity (Wildman–Crippen MR) is 82.0 cm³/mol. The minimum atomic E-state index is -1.20. The van der Waals surface area contributed by atoms with Gasteiger partial charge in [-0.15, -0.1) is 0 Å². The number of amides is 2. The Balaban J connectivity index is 2.32. The molecule has 0 atom stereocenters. The molecule has 0 heterocycles. The lowest BCUT2D eigenvalue weighted by Gasteiger charge is -2.15. The summed E-state index contributed by atoms with van der Waals surface area (Å²) in [6.07, 6.45) is 0.646. The number of rotatable bonds is 8. The summed E-state index contributed by atoms with van der Waals surface area (Å²) in [4.78, 5) is 25.2. The molecule has 0 aliphatic rings. The van der Waals surface area contributed by atoms with Crippen molar-refractivity contribution in [3.8, 4) is 0 Å². The van der Waals surface area contributed by atoms with Gasteiger partial charge >= 0.3 is 11.8 Å². The van der Waals surface area contributed by atoms with Gasteiger partial charge < -0.3 is 20.3 Å². The van der Waals surface area contributed by atoms with Crippen LogP contribution in [0.15, 0.2) is 18.2 Å². The number of carbonyl (C=O) groups excluding carboxylic acids is 2. The molecule has 0 bridgehead atoms. The number of anilines is 1. The van der Waals surface area contributed by atoms with Crippen molar-refractivity contribution in [3.05, 3.63) is 29.8 Å². The number of benzene rings is 1. The number of nitrogens with one attached hydrogen (secondary N) is 2.